The van der Waals surface area contributed by atoms with Crippen LogP contribution in [-0.2, 0) is 13.0 Å². The van der Waals surface area contributed by atoms with Gasteiger partial charge in [-0.15, -0.1) is 0 Å². The van der Waals surface area contributed by atoms with Crippen molar-refractivity contribution in [3.8, 4) is 0 Å². The molecule has 96 valence electrons. The van der Waals surface area contributed by atoms with Crippen molar-refractivity contribution in [2.45, 2.75) is 19.4 Å². The Kier molecular flexibility index (Phi) is 3.94. The van der Waals surface area contributed by atoms with Crippen LogP contribution in [0.4, 0.5) is 10.2 Å². The Morgan fingerprint density at radius 3 is 2.72 bits per heavy atom. The molecule has 0 aliphatic rings. The van der Waals surface area contributed by atoms with Gasteiger partial charge < -0.3 is 11.5 Å². The first-order valence-electron chi connectivity index (χ1n) is 5.96. The van der Waals surface area contributed by atoms with Crippen LogP contribution in [0.1, 0.15) is 17.5 Å². The molecule has 1 aromatic carbocycles. The van der Waals surface area contributed by atoms with E-state index in [1.807, 2.05) is 0 Å². The second-order valence-electron chi connectivity index (χ2n) is 4.20. The minimum absolute atomic E-state index is 0.240. The minimum atomic E-state index is -0.240. The van der Waals surface area contributed by atoms with Gasteiger partial charge in [0, 0.05) is 11.1 Å². The van der Waals surface area contributed by atoms with Gasteiger partial charge in [0.05, 0.1) is 12.7 Å². The summed E-state index contributed by atoms with van der Waals surface area (Å²) in [5, 5.41) is 4.19. The first-order chi connectivity index (χ1) is 8.72. The van der Waals surface area contributed by atoms with Gasteiger partial charge in [-0.25, -0.2) is 9.07 Å². The summed E-state index contributed by atoms with van der Waals surface area (Å²) in [6.45, 7) is 0.971. The van der Waals surface area contributed by atoms with Crippen LogP contribution in [0.25, 0.3) is 0 Å². The summed E-state index contributed by atoms with van der Waals surface area (Å²) in [5.74, 6) is 0.350. The van der Waals surface area contributed by atoms with Crippen molar-refractivity contribution in [2.24, 2.45) is 5.73 Å². The van der Waals surface area contributed by atoms with E-state index in [4.69, 9.17) is 11.5 Å². The van der Waals surface area contributed by atoms with Gasteiger partial charge in [0.2, 0.25) is 0 Å². The van der Waals surface area contributed by atoms with Crippen LogP contribution in [0.15, 0.2) is 30.5 Å². The van der Waals surface area contributed by atoms with Crippen LogP contribution in [0.2, 0.25) is 0 Å². The summed E-state index contributed by atoms with van der Waals surface area (Å²) in [5.41, 5.74) is 13.0. The molecular formula is C13H17FN4. The molecular weight excluding hydrogens is 231 g/mol. The lowest BCUT2D eigenvalue weighted by Gasteiger charge is -2.06. The number of rotatable bonds is 5. The molecule has 2 rings (SSSR count). The van der Waals surface area contributed by atoms with Crippen LogP contribution in [0.3, 0.4) is 0 Å². The number of benzene rings is 1. The molecule has 0 unspecified atom stereocenters. The quantitative estimate of drug-likeness (QED) is 0.843. The van der Waals surface area contributed by atoms with E-state index in [1.165, 1.54) is 6.07 Å². The Labute approximate surface area is 105 Å². The highest BCUT2D eigenvalue weighted by atomic mass is 19.1. The van der Waals surface area contributed by atoms with E-state index in [2.05, 4.69) is 5.10 Å². The van der Waals surface area contributed by atoms with Crippen molar-refractivity contribution in [3.63, 3.8) is 0 Å². The average Bonchev–Trinajstić information content (AvgIpc) is 2.71. The number of nitrogens with two attached hydrogens (primary N) is 2. The lowest BCUT2D eigenvalue weighted by molar-refractivity contribution is 0.587. The largest absolute Gasteiger partial charge is 0.384 e. The van der Waals surface area contributed by atoms with Gasteiger partial charge in [-0.05, 0) is 25.5 Å². The molecule has 0 atom stereocenters. The first-order valence-corrected chi connectivity index (χ1v) is 5.96. The van der Waals surface area contributed by atoms with E-state index in [9.17, 15) is 4.39 Å². The standard InChI is InChI=1S/C13H17FN4/c14-12-6-2-1-4-11(12)9-18-13(16)10(8-17-18)5-3-7-15/h1-2,4,6,8H,3,5,7,9,15-16H2. The Morgan fingerprint density at radius 2 is 2.00 bits per heavy atom. The highest BCUT2D eigenvalue weighted by Gasteiger charge is 2.09. The normalized spacial score (nSPS) is 10.8. The van der Waals surface area contributed by atoms with Gasteiger partial charge >= 0.3 is 0 Å². The maximum Gasteiger partial charge on any atom is 0.128 e. The molecule has 0 radical (unpaired) electrons. The van der Waals surface area contributed by atoms with Gasteiger partial charge in [0.25, 0.3) is 0 Å². The number of hydrogen-bond donors (Lipinski definition) is 2. The molecule has 0 saturated carbocycles. The summed E-state index contributed by atoms with van der Waals surface area (Å²) in [6, 6.07) is 6.63. The maximum atomic E-state index is 13.5. The highest BCUT2D eigenvalue weighted by Crippen LogP contribution is 2.16. The Hall–Kier alpha value is -1.88. The van der Waals surface area contributed by atoms with Crippen molar-refractivity contribution >= 4 is 5.82 Å². The summed E-state index contributed by atoms with van der Waals surface area (Å²) >= 11 is 0. The van der Waals surface area contributed by atoms with E-state index < -0.39 is 0 Å². The molecule has 18 heavy (non-hydrogen) atoms. The summed E-state index contributed by atoms with van der Waals surface area (Å²) in [4.78, 5) is 0. The van der Waals surface area contributed by atoms with Crippen molar-refractivity contribution < 1.29 is 4.39 Å². The van der Waals surface area contributed by atoms with Crippen molar-refractivity contribution in [2.75, 3.05) is 12.3 Å². The van der Waals surface area contributed by atoms with E-state index in [0.717, 1.165) is 18.4 Å². The molecule has 2 aromatic rings. The third-order valence-corrected chi connectivity index (χ3v) is 2.89. The molecule has 0 amide bonds. The maximum absolute atomic E-state index is 13.5. The number of anilines is 1. The summed E-state index contributed by atoms with van der Waals surface area (Å²) in [6.07, 6.45) is 3.40. The van der Waals surface area contributed by atoms with E-state index in [1.54, 1.807) is 29.1 Å². The van der Waals surface area contributed by atoms with Crippen LogP contribution in [0.5, 0.6) is 0 Å². The topological polar surface area (TPSA) is 69.9 Å². The Balaban J connectivity index is 2.15. The number of halogens is 1. The molecule has 4 N–H and O–H groups in total. The van der Waals surface area contributed by atoms with Crippen LogP contribution >= 0.6 is 0 Å². The zero-order chi connectivity index (χ0) is 13.0. The Bertz CT molecular complexity index is 521. The smallest absolute Gasteiger partial charge is 0.128 e. The predicted octanol–water partition coefficient (Wildman–Crippen LogP) is 1.54. The molecule has 5 heteroatoms. The first kappa shape index (κ1) is 12.6. The lowest BCUT2D eigenvalue weighted by atomic mass is 10.2. The SMILES string of the molecule is NCCCc1cnn(Cc2ccccc2F)c1N. The fraction of sp³-hybridized carbons (Fsp3) is 0.308. The van der Waals surface area contributed by atoms with Crippen LogP contribution in [0, 0.1) is 5.82 Å². The van der Waals surface area contributed by atoms with Crippen LogP contribution in [-0.4, -0.2) is 16.3 Å². The average molecular weight is 248 g/mol. The molecule has 0 fully saturated rings. The van der Waals surface area contributed by atoms with Crippen molar-refractivity contribution in [3.05, 3.63) is 47.4 Å². The van der Waals surface area contributed by atoms with Gasteiger partial charge in [0.15, 0.2) is 0 Å². The molecule has 0 bridgehead atoms. The second kappa shape index (κ2) is 5.64. The van der Waals surface area contributed by atoms with Crippen molar-refractivity contribution in [1.82, 2.24) is 9.78 Å². The zero-order valence-corrected chi connectivity index (χ0v) is 10.1. The summed E-state index contributed by atoms with van der Waals surface area (Å²) < 4.78 is 15.1. The van der Waals surface area contributed by atoms with E-state index >= 15 is 0 Å². The third-order valence-electron chi connectivity index (χ3n) is 2.89. The fourth-order valence-corrected chi connectivity index (χ4v) is 1.83. The Morgan fingerprint density at radius 1 is 1.22 bits per heavy atom. The van der Waals surface area contributed by atoms with E-state index in [-0.39, 0.29) is 5.82 Å². The zero-order valence-electron chi connectivity index (χ0n) is 10.1. The van der Waals surface area contributed by atoms with Crippen molar-refractivity contribution in [1.29, 1.82) is 0 Å². The molecule has 0 aliphatic carbocycles. The predicted molar refractivity (Wildman–Crippen MR) is 69.5 cm³/mol. The monoisotopic (exact) mass is 248 g/mol. The minimum Gasteiger partial charge on any atom is -0.384 e. The number of nitrogen functional groups attached to an aromatic ring is 1. The third kappa shape index (κ3) is 2.68. The second-order valence-corrected chi connectivity index (χ2v) is 4.20. The molecule has 0 spiro atoms. The molecule has 0 aliphatic heterocycles. The van der Waals surface area contributed by atoms with Gasteiger partial charge in [0.1, 0.15) is 11.6 Å². The molecule has 4 nitrogen and oxygen atoms in total. The number of nitrogens with zero attached hydrogens (tertiary/aromatic N) is 2. The molecule has 1 heterocycles. The number of hydrogen-bond acceptors (Lipinski definition) is 3. The van der Waals surface area contributed by atoms with Gasteiger partial charge in [-0.3, -0.25) is 0 Å². The van der Waals surface area contributed by atoms with Gasteiger partial charge in [-0.1, -0.05) is 18.2 Å². The number of aryl methyl sites for hydroxylation is 1. The summed E-state index contributed by atoms with van der Waals surface area (Å²) in [7, 11) is 0. The van der Waals surface area contributed by atoms with E-state index in [0.29, 0.717) is 24.5 Å². The van der Waals surface area contributed by atoms with Gasteiger partial charge in [-0.2, -0.15) is 5.10 Å². The molecule has 0 saturated heterocycles. The number of aromatic nitrogens is 2. The fourth-order valence-electron chi connectivity index (χ4n) is 1.83. The molecule has 1 aromatic heterocycles. The lowest BCUT2D eigenvalue weighted by Crippen LogP contribution is -2.08. The van der Waals surface area contributed by atoms with Crippen LogP contribution < -0.4 is 11.5 Å². The highest BCUT2D eigenvalue weighted by molar-refractivity contribution is 5.39.